The molecule has 0 amide bonds. The quantitative estimate of drug-likeness (QED) is 0.926. The van der Waals surface area contributed by atoms with E-state index < -0.39 is 9.84 Å². The molecule has 0 spiro atoms. The first-order chi connectivity index (χ1) is 10.00. The minimum Gasteiger partial charge on any atom is -0.459 e. The number of hydrogen-bond acceptors (Lipinski definition) is 5. The maximum Gasteiger partial charge on any atom is 0.151 e. The second-order valence-corrected chi connectivity index (χ2v) is 7.90. The van der Waals surface area contributed by atoms with E-state index in [4.69, 9.17) is 10.2 Å². The zero-order valence-corrected chi connectivity index (χ0v) is 12.9. The molecule has 114 valence electrons. The lowest BCUT2D eigenvalue weighted by Gasteiger charge is -2.22. The summed E-state index contributed by atoms with van der Waals surface area (Å²) in [7, 11) is -0.927. The molecule has 1 aliphatic rings. The minimum absolute atomic E-state index is 0.0637. The summed E-state index contributed by atoms with van der Waals surface area (Å²) in [5, 5.41) is 1.04. The van der Waals surface area contributed by atoms with E-state index >= 15 is 0 Å². The number of fused-ring (bicyclic) bond motifs is 1. The maximum absolute atomic E-state index is 11.6. The molecule has 2 heterocycles. The molecule has 1 saturated heterocycles. The highest BCUT2D eigenvalue weighted by molar-refractivity contribution is 7.91. The highest BCUT2D eigenvalue weighted by Gasteiger charge is 2.31. The summed E-state index contributed by atoms with van der Waals surface area (Å²) in [6, 6.07) is 7.90. The summed E-state index contributed by atoms with van der Waals surface area (Å²) < 4.78 is 29.1. The van der Waals surface area contributed by atoms with Crippen molar-refractivity contribution < 1.29 is 12.8 Å². The molecule has 0 saturated carbocycles. The van der Waals surface area contributed by atoms with E-state index in [2.05, 4.69) is 4.90 Å². The van der Waals surface area contributed by atoms with E-state index in [0.29, 0.717) is 19.5 Å². The molecule has 1 aromatic heterocycles. The van der Waals surface area contributed by atoms with Gasteiger partial charge in [-0.2, -0.15) is 0 Å². The van der Waals surface area contributed by atoms with Crippen molar-refractivity contribution in [1.82, 2.24) is 4.90 Å². The molecule has 1 aliphatic heterocycles. The predicted molar refractivity (Wildman–Crippen MR) is 82.6 cm³/mol. The van der Waals surface area contributed by atoms with Crippen LogP contribution in [-0.2, 0) is 22.9 Å². The van der Waals surface area contributed by atoms with Crippen LogP contribution in [0.4, 0.5) is 0 Å². The lowest BCUT2D eigenvalue weighted by atomic mass is 10.1. The standard InChI is InChI=1S/C15H20N2O3S/c1-17(11-6-7-21(18,19)10-11)9-15-13(8-16)12-4-2-3-5-14(12)20-15/h2-5,11H,6-10,16H2,1H3. The van der Waals surface area contributed by atoms with E-state index in [-0.39, 0.29) is 17.5 Å². The van der Waals surface area contributed by atoms with E-state index in [1.54, 1.807) is 0 Å². The van der Waals surface area contributed by atoms with Gasteiger partial charge in [0.2, 0.25) is 0 Å². The zero-order chi connectivity index (χ0) is 15.0. The van der Waals surface area contributed by atoms with Crippen molar-refractivity contribution in [3.05, 3.63) is 35.6 Å². The monoisotopic (exact) mass is 308 g/mol. The van der Waals surface area contributed by atoms with Gasteiger partial charge in [-0.25, -0.2) is 8.42 Å². The molecule has 2 aromatic rings. The number of hydrogen-bond donors (Lipinski definition) is 1. The average molecular weight is 308 g/mol. The van der Waals surface area contributed by atoms with E-state index in [9.17, 15) is 8.42 Å². The lowest BCUT2D eigenvalue weighted by molar-refractivity contribution is 0.235. The van der Waals surface area contributed by atoms with Crippen LogP contribution in [0.25, 0.3) is 11.0 Å². The van der Waals surface area contributed by atoms with E-state index in [1.807, 2.05) is 31.3 Å². The van der Waals surface area contributed by atoms with Gasteiger partial charge in [-0.15, -0.1) is 0 Å². The molecule has 0 radical (unpaired) electrons. The van der Waals surface area contributed by atoms with Gasteiger partial charge >= 0.3 is 0 Å². The van der Waals surface area contributed by atoms with Gasteiger partial charge in [0, 0.05) is 23.5 Å². The number of benzene rings is 1. The molecule has 2 N–H and O–H groups in total. The number of para-hydroxylation sites is 1. The summed E-state index contributed by atoms with van der Waals surface area (Å²) >= 11 is 0. The molecular formula is C15H20N2O3S. The summed E-state index contributed by atoms with van der Waals surface area (Å²) in [5.41, 5.74) is 7.71. The Kier molecular flexibility index (Phi) is 3.77. The van der Waals surface area contributed by atoms with Gasteiger partial charge in [0.15, 0.2) is 9.84 Å². The van der Waals surface area contributed by atoms with Crippen LogP contribution in [0.2, 0.25) is 0 Å². The molecular weight excluding hydrogens is 288 g/mol. The highest BCUT2D eigenvalue weighted by atomic mass is 32.2. The Morgan fingerprint density at radius 3 is 2.81 bits per heavy atom. The summed E-state index contributed by atoms with van der Waals surface area (Å²) in [4.78, 5) is 2.06. The van der Waals surface area contributed by atoms with Gasteiger partial charge in [0.25, 0.3) is 0 Å². The fraction of sp³-hybridized carbons (Fsp3) is 0.467. The second-order valence-electron chi connectivity index (χ2n) is 5.68. The van der Waals surface area contributed by atoms with Crippen LogP contribution >= 0.6 is 0 Å². The third-order valence-electron chi connectivity index (χ3n) is 4.21. The number of rotatable bonds is 4. The molecule has 1 fully saturated rings. The number of furan rings is 1. The molecule has 3 rings (SSSR count). The molecule has 1 atom stereocenters. The number of nitrogens with two attached hydrogens (primary N) is 1. The first-order valence-corrected chi connectivity index (χ1v) is 8.92. The van der Waals surface area contributed by atoms with Crippen LogP contribution in [-0.4, -0.2) is 37.9 Å². The zero-order valence-electron chi connectivity index (χ0n) is 12.1. The van der Waals surface area contributed by atoms with Crippen LogP contribution in [0.15, 0.2) is 28.7 Å². The normalized spacial score (nSPS) is 21.4. The topological polar surface area (TPSA) is 76.5 Å². The van der Waals surface area contributed by atoms with Crippen LogP contribution in [0.5, 0.6) is 0 Å². The highest BCUT2D eigenvalue weighted by Crippen LogP contribution is 2.27. The third kappa shape index (κ3) is 2.84. The average Bonchev–Trinajstić information content (AvgIpc) is 2.98. The van der Waals surface area contributed by atoms with E-state index in [1.165, 1.54) is 0 Å². The smallest absolute Gasteiger partial charge is 0.151 e. The number of sulfone groups is 1. The summed E-state index contributed by atoms with van der Waals surface area (Å²) in [5.74, 6) is 1.36. The molecule has 5 nitrogen and oxygen atoms in total. The van der Waals surface area contributed by atoms with Crippen molar-refractivity contribution >= 4 is 20.8 Å². The van der Waals surface area contributed by atoms with Crippen molar-refractivity contribution in [3.8, 4) is 0 Å². The first-order valence-electron chi connectivity index (χ1n) is 7.10. The molecule has 0 aliphatic carbocycles. The molecule has 1 aromatic carbocycles. The molecule has 0 bridgehead atoms. The van der Waals surface area contributed by atoms with Crippen LogP contribution in [0.3, 0.4) is 0 Å². The molecule has 1 unspecified atom stereocenters. The SMILES string of the molecule is CN(Cc1oc2ccccc2c1CN)C1CCS(=O)(=O)C1. The van der Waals surface area contributed by atoms with Crippen LogP contribution in [0.1, 0.15) is 17.7 Å². The Morgan fingerprint density at radius 1 is 1.38 bits per heavy atom. The van der Waals surface area contributed by atoms with Gasteiger partial charge in [0.05, 0.1) is 18.1 Å². The molecule has 21 heavy (non-hydrogen) atoms. The lowest BCUT2D eigenvalue weighted by Crippen LogP contribution is -2.32. The van der Waals surface area contributed by atoms with Gasteiger partial charge in [-0.05, 0) is 19.5 Å². The van der Waals surface area contributed by atoms with Gasteiger partial charge in [0.1, 0.15) is 11.3 Å². The Bertz CT molecular complexity index is 751. The van der Waals surface area contributed by atoms with Crippen LogP contribution < -0.4 is 5.73 Å². The Hall–Kier alpha value is -1.37. The third-order valence-corrected chi connectivity index (χ3v) is 5.96. The van der Waals surface area contributed by atoms with E-state index in [0.717, 1.165) is 22.3 Å². The van der Waals surface area contributed by atoms with Gasteiger partial charge in [-0.1, -0.05) is 18.2 Å². The largest absolute Gasteiger partial charge is 0.459 e. The predicted octanol–water partition coefficient (Wildman–Crippen LogP) is 1.51. The Labute approximate surface area is 124 Å². The van der Waals surface area contributed by atoms with Crippen molar-refractivity contribution in [2.24, 2.45) is 5.73 Å². The van der Waals surface area contributed by atoms with Gasteiger partial charge in [-0.3, -0.25) is 4.90 Å². The summed E-state index contributed by atoms with van der Waals surface area (Å²) in [6.07, 6.45) is 0.691. The summed E-state index contributed by atoms with van der Waals surface area (Å²) in [6.45, 7) is 1.00. The fourth-order valence-corrected chi connectivity index (χ4v) is 4.78. The second kappa shape index (κ2) is 5.44. The van der Waals surface area contributed by atoms with Crippen molar-refractivity contribution in [3.63, 3.8) is 0 Å². The minimum atomic E-state index is -2.87. The molecule has 6 heteroatoms. The first kappa shape index (κ1) is 14.6. The Morgan fingerprint density at radius 2 is 2.14 bits per heavy atom. The van der Waals surface area contributed by atoms with Crippen molar-refractivity contribution in [2.45, 2.75) is 25.6 Å². The van der Waals surface area contributed by atoms with Crippen LogP contribution in [0, 0.1) is 0 Å². The van der Waals surface area contributed by atoms with Crippen molar-refractivity contribution in [1.29, 1.82) is 0 Å². The van der Waals surface area contributed by atoms with Gasteiger partial charge < -0.3 is 10.2 Å². The fourth-order valence-electron chi connectivity index (χ4n) is 2.98. The maximum atomic E-state index is 11.6. The van der Waals surface area contributed by atoms with Crippen molar-refractivity contribution in [2.75, 3.05) is 18.6 Å². The number of nitrogens with zero attached hydrogens (tertiary/aromatic N) is 1. The Balaban J connectivity index is 1.84.